The van der Waals surface area contributed by atoms with E-state index >= 15 is 0 Å². The summed E-state index contributed by atoms with van der Waals surface area (Å²) >= 11 is 0. The van der Waals surface area contributed by atoms with Crippen molar-refractivity contribution in [3.05, 3.63) is 72.7 Å². The number of nitrogens with zero attached hydrogens (tertiary/aromatic N) is 5. The van der Waals surface area contributed by atoms with Crippen LogP contribution in [0, 0.1) is 0 Å². The van der Waals surface area contributed by atoms with Gasteiger partial charge in [0.1, 0.15) is 16.9 Å². The highest BCUT2D eigenvalue weighted by Gasteiger charge is 2.19. The molecule has 0 aliphatic heterocycles. The Morgan fingerprint density at radius 2 is 1.92 bits per heavy atom. The van der Waals surface area contributed by atoms with Crippen LogP contribution in [0.25, 0.3) is 39.5 Å². The molecule has 10 nitrogen and oxygen atoms in total. The molecule has 182 valence electrons. The number of nitrogens with two attached hydrogens (primary N) is 1. The van der Waals surface area contributed by atoms with Crippen molar-refractivity contribution < 1.29 is 9.53 Å². The summed E-state index contributed by atoms with van der Waals surface area (Å²) in [5.41, 5.74) is 11.2. The normalized spacial score (nSPS) is 11.5. The number of nitrogens with one attached hydrogen (secondary N) is 2. The number of nitrogen functional groups attached to an aromatic ring is 1. The van der Waals surface area contributed by atoms with Crippen molar-refractivity contribution in [3.63, 3.8) is 0 Å². The van der Waals surface area contributed by atoms with Crippen LogP contribution >= 0.6 is 0 Å². The number of rotatable bonds is 5. The van der Waals surface area contributed by atoms with Crippen LogP contribution in [-0.4, -0.2) is 41.4 Å². The van der Waals surface area contributed by atoms with E-state index in [2.05, 4.69) is 20.5 Å². The highest BCUT2D eigenvalue weighted by molar-refractivity contribution is 5.84. The Morgan fingerprint density at radius 3 is 2.61 bits per heavy atom. The van der Waals surface area contributed by atoms with Crippen molar-refractivity contribution in [2.75, 3.05) is 5.73 Å². The van der Waals surface area contributed by atoms with Crippen LogP contribution in [0.2, 0.25) is 0 Å². The molecule has 10 heteroatoms. The molecule has 0 bridgehead atoms. The zero-order chi connectivity index (χ0) is 25.3. The Balaban J connectivity index is 1.54. The van der Waals surface area contributed by atoms with Gasteiger partial charge in [-0.1, -0.05) is 12.1 Å². The number of hydrogen-bond donors (Lipinski definition) is 3. The van der Waals surface area contributed by atoms with Crippen molar-refractivity contribution in [1.29, 1.82) is 0 Å². The topological polar surface area (TPSA) is 137 Å². The highest BCUT2D eigenvalue weighted by Crippen LogP contribution is 2.31. The van der Waals surface area contributed by atoms with Crippen LogP contribution in [0.5, 0.6) is 0 Å². The van der Waals surface area contributed by atoms with E-state index in [4.69, 9.17) is 20.4 Å². The molecule has 0 aliphatic carbocycles. The van der Waals surface area contributed by atoms with Crippen LogP contribution in [0.1, 0.15) is 26.3 Å². The fraction of sp³-hybridized carbons (Fsp3) is 0.192. The highest BCUT2D eigenvalue weighted by atomic mass is 16.6. The van der Waals surface area contributed by atoms with Crippen molar-refractivity contribution in [1.82, 2.24) is 35.0 Å². The molecule has 0 aliphatic rings. The number of anilines is 1. The molecule has 1 aromatic carbocycles. The number of aromatic nitrogens is 6. The summed E-state index contributed by atoms with van der Waals surface area (Å²) in [6.07, 6.45) is 4.70. The molecule has 4 N–H and O–H groups in total. The summed E-state index contributed by atoms with van der Waals surface area (Å²) in [4.78, 5) is 26.0. The maximum Gasteiger partial charge on any atom is 0.407 e. The molecule has 4 aromatic heterocycles. The second kappa shape index (κ2) is 9.14. The van der Waals surface area contributed by atoms with Gasteiger partial charge in [0.25, 0.3) is 0 Å². The molecule has 0 saturated heterocycles. The Morgan fingerprint density at radius 1 is 1.11 bits per heavy atom. The summed E-state index contributed by atoms with van der Waals surface area (Å²) in [6.45, 7) is 5.82. The second-order valence-corrected chi connectivity index (χ2v) is 9.26. The third-order valence-electron chi connectivity index (χ3n) is 5.41. The first-order valence-corrected chi connectivity index (χ1v) is 11.4. The monoisotopic (exact) mass is 482 g/mol. The van der Waals surface area contributed by atoms with Crippen molar-refractivity contribution >= 4 is 23.1 Å². The number of hydrogen-bond acceptors (Lipinski definition) is 7. The number of ether oxygens (including phenoxy) is 1. The van der Waals surface area contributed by atoms with E-state index in [9.17, 15) is 4.79 Å². The first-order valence-electron chi connectivity index (χ1n) is 11.4. The van der Waals surface area contributed by atoms with E-state index in [1.165, 1.54) is 0 Å². The minimum absolute atomic E-state index is 0.338. The van der Waals surface area contributed by atoms with Gasteiger partial charge in [-0.2, -0.15) is 5.10 Å². The number of alkyl carbamates (subject to hydrolysis) is 1. The first kappa shape index (κ1) is 23.0. The van der Waals surface area contributed by atoms with Gasteiger partial charge in [-0.25, -0.2) is 19.7 Å². The van der Waals surface area contributed by atoms with Gasteiger partial charge in [-0.15, -0.1) is 0 Å². The Labute approximate surface area is 207 Å². The number of aromatic amines is 1. The fourth-order valence-electron chi connectivity index (χ4n) is 3.79. The minimum atomic E-state index is -0.552. The van der Waals surface area contributed by atoms with E-state index in [0.29, 0.717) is 29.4 Å². The van der Waals surface area contributed by atoms with Gasteiger partial charge < -0.3 is 15.8 Å². The average Bonchev–Trinajstić information content (AvgIpc) is 3.50. The second-order valence-electron chi connectivity index (χ2n) is 9.26. The van der Waals surface area contributed by atoms with Crippen LogP contribution < -0.4 is 11.1 Å². The van der Waals surface area contributed by atoms with Crippen molar-refractivity contribution in [3.8, 4) is 28.3 Å². The number of carbonyl (C=O) groups is 1. The van der Waals surface area contributed by atoms with Gasteiger partial charge in [-0.3, -0.25) is 9.67 Å². The first-order chi connectivity index (χ1) is 17.3. The van der Waals surface area contributed by atoms with Crippen LogP contribution in [-0.2, 0) is 11.3 Å². The quantitative estimate of drug-likeness (QED) is 0.336. The van der Waals surface area contributed by atoms with E-state index < -0.39 is 11.7 Å². The summed E-state index contributed by atoms with van der Waals surface area (Å²) < 4.78 is 7.27. The number of pyridine rings is 2. The molecule has 0 radical (unpaired) electrons. The standard InChI is InChI=1S/C26H26N8O2/c1-26(2,3)36-25(35)29-13-16-6-8-18(9-7-16)34-23(19-5-4-12-28-22(19)27)33-21-11-10-20(32-24(21)34)17-14-30-31-15-17/h4-12,14-15H,13H2,1-3H3,(H2,27,28)(H,29,35)(H,30,31). The lowest BCUT2D eigenvalue weighted by molar-refractivity contribution is 0.0523. The molecule has 5 rings (SSSR count). The number of fused-ring (bicyclic) bond motifs is 1. The molecule has 0 atom stereocenters. The molecular weight excluding hydrogens is 456 g/mol. The van der Waals surface area contributed by atoms with E-state index in [0.717, 1.165) is 28.0 Å². The lowest BCUT2D eigenvalue weighted by atomic mass is 10.2. The molecule has 5 aromatic rings. The number of amides is 1. The smallest absolute Gasteiger partial charge is 0.407 e. The largest absolute Gasteiger partial charge is 0.444 e. The molecule has 0 saturated carbocycles. The predicted molar refractivity (Wildman–Crippen MR) is 137 cm³/mol. The van der Waals surface area contributed by atoms with E-state index in [-0.39, 0.29) is 0 Å². The maximum absolute atomic E-state index is 12.0. The van der Waals surface area contributed by atoms with E-state index in [1.807, 2.05) is 73.9 Å². The summed E-state index contributed by atoms with van der Waals surface area (Å²) in [5, 5.41) is 9.64. The van der Waals surface area contributed by atoms with Crippen LogP contribution in [0.4, 0.5) is 10.6 Å². The minimum Gasteiger partial charge on any atom is -0.444 e. The zero-order valence-corrected chi connectivity index (χ0v) is 20.2. The lowest BCUT2D eigenvalue weighted by Crippen LogP contribution is -2.32. The molecule has 1 amide bonds. The van der Waals surface area contributed by atoms with Gasteiger partial charge in [0.15, 0.2) is 11.5 Å². The number of H-pyrrole nitrogens is 1. The maximum atomic E-state index is 12.0. The Bertz CT molecular complexity index is 1520. The zero-order valence-electron chi connectivity index (χ0n) is 20.2. The molecule has 36 heavy (non-hydrogen) atoms. The molecule has 0 spiro atoms. The Hall–Kier alpha value is -4.73. The van der Waals surface area contributed by atoms with Gasteiger partial charge in [0.05, 0.1) is 17.5 Å². The average molecular weight is 483 g/mol. The number of benzene rings is 1. The summed E-state index contributed by atoms with van der Waals surface area (Å²) in [5.74, 6) is 1.01. The van der Waals surface area contributed by atoms with Gasteiger partial charge >= 0.3 is 6.09 Å². The lowest BCUT2D eigenvalue weighted by Gasteiger charge is -2.19. The SMILES string of the molecule is CC(C)(C)OC(=O)NCc1ccc(-n2c(-c3cccnc3N)nc3ccc(-c4cn[nH]c4)nc32)cc1. The molecule has 4 heterocycles. The molecule has 0 unspecified atom stereocenters. The summed E-state index contributed by atoms with van der Waals surface area (Å²) in [6, 6.07) is 15.3. The third-order valence-corrected chi connectivity index (χ3v) is 5.41. The fourth-order valence-corrected chi connectivity index (χ4v) is 3.79. The summed E-state index contributed by atoms with van der Waals surface area (Å²) in [7, 11) is 0. The van der Waals surface area contributed by atoms with Crippen LogP contribution in [0.15, 0.2) is 67.1 Å². The van der Waals surface area contributed by atoms with Gasteiger partial charge in [-0.05, 0) is 62.7 Å². The van der Waals surface area contributed by atoms with Gasteiger partial charge in [0, 0.05) is 30.2 Å². The van der Waals surface area contributed by atoms with E-state index in [1.54, 1.807) is 18.6 Å². The molecule has 0 fully saturated rings. The van der Waals surface area contributed by atoms with Crippen molar-refractivity contribution in [2.45, 2.75) is 32.9 Å². The molecular formula is C26H26N8O2. The third kappa shape index (κ3) is 4.74. The number of imidazole rings is 1. The predicted octanol–water partition coefficient (Wildman–Crippen LogP) is 4.48. The van der Waals surface area contributed by atoms with Crippen LogP contribution in [0.3, 0.4) is 0 Å². The number of carbonyl (C=O) groups excluding carboxylic acids is 1. The van der Waals surface area contributed by atoms with Gasteiger partial charge in [0.2, 0.25) is 0 Å². The van der Waals surface area contributed by atoms with Crippen molar-refractivity contribution in [2.24, 2.45) is 0 Å². The Kier molecular flexibility index (Phi) is 5.85.